The Bertz CT molecular complexity index is 367. The lowest BCUT2D eigenvalue weighted by Crippen LogP contribution is -2.46. The van der Waals surface area contributed by atoms with Crippen LogP contribution in [0.4, 0.5) is 0 Å². The number of furan rings is 1. The van der Waals surface area contributed by atoms with E-state index in [1.165, 1.54) is 0 Å². The summed E-state index contributed by atoms with van der Waals surface area (Å²) in [6.07, 6.45) is 3.41. The van der Waals surface area contributed by atoms with Crippen molar-refractivity contribution in [2.24, 2.45) is 5.41 Å². The van der Waals surface area contributed by atoms with Gasteiger partial charge in [-0.1, -0.05) is 6.92 Å². The summed E-state index contributed by atoms with van der Waals surface area (Å²) in [5, 5.41) is 6.31. The Morgan fingerprint density at radius 3 is 2.82 bits per heavy atom. The summed E-state index contributed by atoms with van der Waals surface area (Å²) in [4.78, 5) is 12.2. The third kappa shape index (κ3) is 2.69. The largest absolute Gasteiger partial charge is 0.467 e. The number of hydrogen-bond acceptors (Lipinski definition) is 3. The summed E-state index contributed by atoms with van der Waals surface area (Å²) < 4.78 is 5.29. The number of carbonyl (C=O) groups excluding carboxylic acids is 1. The Morgan fingerprint density at radius 2 is 2.24 bits per heavy atom. The summed E-state index contributed by atoms with van der Waals surface area (Å²) in [5.41, 5.74) is -0.244. The number of piperidine rings is 1. The summed E-state index contributed by atoms with van der Waals surface area (Å²) >= 11 is 0. The zero-order valence-corrected chi connectivity index (χ0v) is 10.5. The van der Waals surface area contributed by atoms with Crippen LogP contribution in [0.1, 0.15) is 38.5 Å². The molecule has 0 unspecified atom stereocenters. The molecule has 1 aromatic rings. The molecule has 0 aromatic carbocycles. The maximum Gasteiger partial charge on any atom is 0.226 e. The highest BCUT2D eigenvalue weighted by atomic mass is 16.3. The van der Waals surface area contributed by atoms with Gasteiger partial charge in [-0.25, -0.2) is 0 Å². The van der Waals surface area contributed by atoms with Crippen LogP contribution in [-0.4, -0.2) is 19.0 Å². The SMILES string of the molecule is C[C@@H](NC(=O)C1(C)CCNCC1)c1ccco1. The molecule has 0 radical (unpaired) electrons. The van der Waals surface area contributed by atoms with Crippen LogP contribution in [0, 0.1) is 5.41 Å². The van der Waals surface area contributed by atoms with Gasteiger partial charge in [0, 0.05) is 5.41 Å². The number of amides is 1. The normalized spacial score (nSPS) is 20.8. The molecule has 1 amide bonds. The van der Waals surface area contributed by atoms with Crippen LogP contribution in [0.3, 0.4) is 0 Å². The van der Waals surface area contributed by atoms with Gasteiger partial charge < -0.3 is 15.1 Å². The Morgan fingerprint density at radius 1 is 1.53 bits per heavy atom. The fourth-order valence-corrected chi connectivity index (χ4v) is 2.19. The molecule has 2 N–H and O–H groups in total. The molecule has 1 saturated heterocycles. The smallest absolute Gasteiger partial charge is 0.226 e. The van der Waals surface area contributed by atoms with Crippen LogP contribution >= 0.6 is 0 Å². The summed E-state index contributed by atoms with van der Waals surface area (Å²) in [5.74, 6) is 0.929. The topological polar surface area (TPSA) is 54.3 Å². The van der Waals surface area contributed by atoms with Crippen molar-refractivity contribution in [3.05, 3.63) is 24.2 Å². The number of hydrogen-bond donors (Lipinski definition) is 2. The van der Waals surface area contributed by atoms with Gasteiger partial charge in [0.25, 0.3) is 0 Å². The number of rotatable bonds is 3. The van der Waals surface area contributed by atoms with E-state index in [1.807, 2.05) is 26.0 Å². The third-order valence-electron chi connectivity index (χ3n) is 3.57. The van der Waals surface area contributed by atoms with Gasteiger partial charge in [0.15, 0.2) is 0 Å². The van der Waals surface area contributed by atoms with E-state index in [0.29, 0.717) is 0 Å². The quantitative estimate of drug-likeness (QED) is 0.842. The lowest BCUT2D eigenvalue weighted by molar-refractivity contribution is -0.132. The fourth-order valence-electron chi connectivity index (χ4n) is 2.19. The second-order valence-electron chi connectivity index (χ2n) is 5.02. The van der Waals surface area contributed by atoms with E-state index >= 15 is 0 Å². The Labute approximate surface area is 102 Å². The molecule has 2 rings (SSSR count). The first-order chi connectivity index (χ1) is 8.12. The molecule has 94 valence electrons. The molecule has 1 fully saturated rings. The van der Waals surface area contributed by atoms with Crippen molar-refractivity contribution in [3.63, 3.8) is 0 Å². The van der Waals surface area contributed by atoms with Gasteiger partial charge in [-0.15, -0.1) is 0 Å². The van der Waals surface area contributed by atoms with Gasteiger partial charge in [-0.05, 0) is 45.0 Å². The molecule has 2 heterocycles. The lowest BCUT2D eigenvalue weighted by Gasteiger charge is -2.33. The average molecular weight is 236 g/mol. The molecule has 1 atom stereocenters. The highest BCUT2D eigenvalue weighted by Crippen LogP contribution is 2.29. The van der Waals surface area contributed by atoms with Crippen LogP contribution in [0.15, 0.2) is 22.8 Å². The maximum absolute atomic E-state index is 12.2. The first-order valence-corrected chi connectivity index (χ1v) is 6.17. The molecular weight excluding hydrogens is 216 g/mol. The van der Waals surface area contributed by atoms with Gasteiger partial charge in [0.05, 0.1) is 12.3 Å². The predicted molar refractivity (Wildman–Crippen MR) is 65.5 cm³/mol. The zero-order chi connectivity index (χ0) is 12.3. The highest BCUT2D eigenvalue weighted by Gasteiger charge is 2.35. The molecule has 17 heavy (non-hydrogen) atoms. The van der Waals surface area contributed by atoms with Gasteiger partial charge in [0.2, 0.25) is 5.91 Å². The molecule has 1 aliphatic heterocycles. The van der Waals surface area contributed by atoms with Crippen LogP contribution < -0.4 is 10.6 Å². The Hall–Kier alpha value is -1.29. The van der Waals surface area contributed by atoms with Crippen molar-refractivity contribution < 1.29 is 9.21 Å². The fraction of sp³-hybridized carbons (Fsp3) is 0.615. The van der Waals surface area contributed by atoms with E-state index in [4.69, 9.17) is 4.42 Å². The number of carbonyl (C=O) groups is 1. The van der Waals surface area contributed by atoms with E-state index in [0.717, 1.165) is 31.7 Å². The molecule has 1 aliphatic rings. The molecule has 4 heteroatoms. The first-order valence-electron chi connectivity index (χ1n) is 6.17. The minimum Gasteiger partial charge on any atom is -0.467 e. The van der Waals surface area contributed by atoms with Crippen LogP contribution in [0.2, 0.25) is 0 Å². The summed E-state index contributed by atoms with van der Waals surface area (Å²) in [6.45, 7) is 5.82. The van der Waals surface area contributed by atoms with Crippen molar-refractivity contribution in [1.82, 2.24) is 10.6 Å². The molecule has 4 nitrogen and oxygen atoms in total. The number of nitrogens with one attached hydrogen (secondary N) is 2. The first kappa shape index (κ1) is 12.2. The highest BCUT2D eigenvalue weighted by molar-refractivity contribution is 5.82. The minimum atomic E-state index is -0.244. The van der Waals surface area contributed by atoms with Gasteiger partial charge in [-0.2, -0.15) is 0 Å². The summed E-state index contributed by atoms with van der Waals surface area (Å²) in [6, 6.07) is 3.66. The van der Waals surface area contributed by atoms with Crippen molar-refractivity contribution >= 4 is 5.91 Å². The van der Waals surface area contributed by atoms with Crippen LogP contribution in [-0.2, 0) is 4.79 Å². The standard InChI is InChI=1S/C13H20N2O2/c1-10(11-4-3-9-17-11)15-12(16)13(2)5-7-14-8-6-13/h3-4,9-10,14H,5-8H2,1-2H3,(H,15,16)/t10-/m1/s1. The molecule has 1 aromatic heterocycles. The molecule has 0 bridgehead atoms. The Balaban J connectivity index is 1.96. The van der Waals surface area contributed by atoms with E-state index in [9.17, 15) is 4.79 Å². The second kappa shape index (κ2) is 4.92. The Kier molecular flexibility index (Phi) is 3.52. The van der Waals surface area contributed by atoms with Gasteiger partial charge in [-0.3, -0.25) is 4.79 Å². The van der Waals surface area contributed by atoms with Crippen LogP contribution in [0.25, 0.3) is 0 Å². The van der Waals surface area contributed by atoms with Crippen molar-refractivity contribution in [2.45, 2.75) is 32.7 Å². The third-order valence-corrected chi connectivity index (χ3v) is 3.57. The average Bonchev–Trinajstić information content (AvgIpc) is 2.83. The van der Waals surface area contributed by atoms with E-state index in [1.54, 1.807) is 6.26 Å². The van der Waals surface area contributed by atoms with Gasteiger partial charge >= 0.3 is 0 Å². The lowest BCUT2D eigenvalue weighted by atomic mass is 9.80. The van der Waals surface area contributed by atoms with Crippen molar-refractivity contribution in [2.75, 3.05) is 13.1 Å². The molecule has 0 spiro atoms. The van der Waals surface area contributed by atoms with Crippen molar-refractivity contribution in [1.29, 1.82) is 0 Å². The predicted octanol–water partition coefficient (Wildman–Crippen LogP) is 1.85. The second-order valence-corrected chi connectivity index (χ2v) is 5.02. The summed E-state index contributed by atoms with van der Waals surface area (Å²) in [7, 11) is 0. The van der Waals surface area contributed by atoms with E-state index in [2.05, 4.69) is 10.6 Å². The van der Waals surface area contributed by atoms with Crippen molar-refractivity contribution in [3.8, 4) is 0 Å². The van der Waals surface area contributed by atoms with E-state index < -0.39 is 0 Å². The molecular formula is C13H20N2O2. The molecule has 0 saturated carbocycles. The van der Waals surface area contributed by atoms with Gasteiger partial charge in [0.1, 0.15) is 5.76 Å². The maximum atomic E-state index is 12.2. The monoisotopic (exact) mass is 236 g/mol. The minimum absolute atomic E-state index is 0.0655. The zero-order valence-electron chi connectivity index (χ0n) is 10.5. The van der Waals surface area contributed by atoms with E-state index in [-0.39, 0.29) is 17.4 Å². The van der Waals surface area contributed by atoms with Crippen LogP contribution in [0.5, 0.6) is 0 Å². The molecule has 0 aliphatic carbocycles.